The Morgan fingerprint density at radius 2 is 2.09 bits per heavy atom. The number of phenols is 1. The van der Waals surface area contributed by atoms with Gasteiger partial charge in [-0.1, -0.05) is 17.3 Å². The smallest absolute Gasteiger partial charge is 0.123 e. The molecule has 1 aliphatic carbocycles. The molecule has 4 rings (SSSR count). The molecule has 0 bridgehead atoms. The molecule has 5 atom stereocenters. The Balaban J connectivity index is 1.70. The third-order valence-electron chi connectivity index (χ3n) is 4.87. The van der Waals surface area contributed by atoms with Gasteiger partial charge >= 0.3 is 0 Å². The van der Waals surface area contributed by atoms with Gasteiger partial charge in [-0.2, -0.15) is 0 Å². The number of aliphatic hydroxyl groups excluding tert-OH is 1. The molecule has 1 unspecified atom stereocenters. The van der Waals surface area contributed by atoms with E-state index in [9.17, 15) is 14.8 Å². The third kappa shape index (κ3) is 2.29. The fourth-order valence-corrected chi connectivity index (χ4v) is 5.62. The summed E-state index contributed by atoms with van der Waals surface area (Å²) in [5, 5.41) is 19.2. The van der Waals surface area contributed by atoms with E-state index in [0.717, 1.165) is 17.7 Å². The molecule has 116 valence electrons. The molecule has 0 aromatic heterocycles. The average Bonchev–Trinajstić information content (AvgIpc) is 2.89. The van der Waals surface area contributed by atoms with Gasteiger partial charge in [-0.15, -0.1) is 0 Å². The van der Waals surface area contributed by atoms with Crippen LogP contribution in [0.5, 0.6) is 11.5 Å². The predicted octanol–water partition coefficient (Wildman–Crippen LogP) is 2.63. The number of rotatable bonds is 1. The molecule has 0 spiro atoms. The third-order valence-corrected chi connectivity index (χ3v) is 6.36. The molecule has 1 saturated heterocycles. The minimum absolute atomic E-state index is 0.0332. The maximum Gasteiger partial charge on any atom is 0.123 e. The number of allylic oxidation sites excluding steroid dienone is 2. The van der Waals surface area contributed by atoms with Crippen LogP contribution in [0.4, 0.5) is 0 Å². The number of benzene rings is 1. The summed E-state index contributed by atoms with van der Waals surface area (Å²) in [6.07, 6.45) is 6.21. The maximum atomic E-state index is 12.1. The summed E-state index contributed by atoms with van der Waals surface area (Å²) >= 11 is -0.839. The van der Waals surface area contributed by atoms with Crippen molar-refractivity contribution in [3.63, 3.8) is 0 Å². The zero-order valence-corrected chi connectivity index (χ0v) is 12.8. The van der Waals surface area contributed by atoms with Crippen molar-refractivity contribution in [2.75, 3.05) is 11.5 Å². The highest BCUT2D eigenvalue weighted by atomic mass is 32.2. The first-order valence-electron chi connectivity index (χ1n) is 7.53. The van der Waals surface area contributed by atoms with E-state index >= 15 is 0 Å². The fraction of sp³-hybridized carbons (Fsp3) is 0.412. The molecule has 0 amide bonds. The van der Waals surface area contributed by atoms with E-state index in [-0.39, 0.29) is 29.6 Å². The molecule has 2 aliphatic heterocycles. The molecule has 3 aliphatic rings. The lowest BCUT2D eigenvalue weighted by atomic mass is 9.76. The summed E-state index contributed by atoms with van der Waals surface area (Å²) < 4.78 is 18.3. The lowest BCUT2D eigenvalue weighted by molar-refractivity contribution is 0.0759. The molecule has 5 heteroatoms. The Morgan fingerprint density at radius 3 is 2.86 bits per heavy atom. The second kappa shape index (κ2) is 5.25. The van der Waals surface area contributed by atoms with Gasteiger partial charge in [-0.05, 0) is 36.8 Å². The molecule has 0 radical (unpaired) electrons. The van der Waals surface area contributed by atoms with E-state index in [2.05, 4.69) is 0 Å². The molecule has 1 aromatic rings. The van der Waals surface area contributed by atoms with Crippen LogP contribution in [-0.2, 0) is 11.2 Å². The van der Waals surface area contributed by atoms with Gasteiger partial charge in [0.15, 0.2) is 0 Å². The number of aliphatic hydroxyl groups is 1. The van der Waals surface area contributed by atoms with Crippen molar-refractivity contribution in [3.8, 4) is 11.5 Å². The van der Waals surface area contributed by atoms with Crippen molar-refractivity contribution in [2.45, 2.75) is 18.4 Å². The van der Waals surface area contributed by atoms with Crippen LogP contribution in [-0.4, -0.2) is 32.4 Å². The van der Waals surface area contributed by atoms with Crippen molar-refractivity contribution in [2.24, 2.45) is 11.8 Å². The van der Waals surface area contributed by atoms with Gasteiger partial charge in [-0.25, -0.2) is 0 Å². The molecule has 2 N–H and O–H groups in total. The highest BCUT2D eigenvalue weighted by Crippen LogP contribution is 2.48. The van der Waals surface area contributed by atoms with E-state index in [1.54, 1.807) is 30.4 Å². The summed E-state index contributed by atoms with van der Waals surface area (Å²) in [5.74, 6) is 3.14. The monoisotopic (exact) mass is 318 g/mol. The van der Waals surface area contributed by atoms with Gasteiger partial charge in [-0.3, -0.25) is 0 Å². The lowest BCUT2D eigenvalue weighted by Crippen LogP contribution is -2.41. The zero-order chi connectivity index (χ0) is 15.3. The highest BCUT2D eigenvalue weighted by Gasteiger charge is 2.49. The summed E-state index contributed by atoms with van der Waals surface area (Å²) in [6.45, 7) is 0. The van der Waals surface area contributed by atoms with Crippen LogP contribution in [0.1, 0.15) is 17.9 Å². The second-order valence-corrected chi connectivity index (χ2v) is 7.78. The minimum Gasteiger partial charge on any atom is -0.616 e. The summed E-state index contributed by atoms with van der Waals surface area (Å²) in [4.78, 5) is 0. The van der Waals surface area contributed by atoms with Crippen molar-refractivity contribution in [1.82, 2.24) is 0 Å². The van der Waals surface area contributed by atoms with Gasteiger partial charge in [0.25, 0.3) is 0 Å². The Kier molecular flexibility index (Phi) is 3.35. The molecule has 1 aromatic carbocycles. The van der Waals surface area contributed by atoms with Crippen LogP contribution in [0.3, 0.4) is 0 Å². The summed E-state index contributed by atoms with van der Waals surface area (Å²) in [7, 11) is 0. The van der Waals surface area contributed by atoms with E-state index in [1.807, 2.05) is 6.08 Å². The van der Waals surface area contributed by atoms with Crippen LogP contribution < -0.4 is 4.74 Å². The van der Waals surface area contributed by atoms with Crippen molar-refractivity contribution in [1.29, 1.82) is 0 Å². The van der Waals surface area contributed by atoms with Crippen LogP contribution in [0.2, 0.25) is 0 Å². The van der Waals surface area contributed by atoms with Crippen LogP contribution in [0.25, 0.3) is 0 Å². The number of hydrogen-bond acceptors (Lipinski definition) is 4. The molecule has 4 nitrogen and oxygen atoms in total. The van der Waals surface area contributed by atoms with Gasteiger partial charge < -0.3 is 19.5 Å². The average molecular weight is 318 g/mol. The lowest BCUT2D eigenvalue weighted by Gasteiger charge is -2.37. The van der Waals surface area contributed by atoms with E-state index in [0.29, 0.717) is 17.3 Å². The first-order valence-corrected chi connectivity index (χ1v) is 9.02. The quantitative estimate of drug-likeness (QED) is 0.781. The minimum atomic E-state index is -0.839. The normalized spacial score (nSPS) is 36.2. The van der Waals surface area contributed by atoms with Gasteiger partial charge in [0, 0.05) is 17.4 Å². The molecular weight excluding hydrogens is 300 g/mol. The van der Waals surface area contributed by atoms with Crippen LogP contribution in [0.15, 0.2) is 42.2 Å². The number of ether oxygens (including phenoxy) is 1. The van der Waals surface area contributed by atoms with Crippen molar-refractivity contribution >= 4 is 11.2 Å². The van der Waals surface area contributed by atoms with Gasteiger partial charge in [0.2, 0.25) is 0 Å². The Labute approximate surface area is 132 Å². The maximum absolute atomic E-state index is 12.1. The number of aromatic hydroxyl groups is 1. The highest BCUT2D eigenvalue weighted by molar-refractivity contribution is 7.91. The van der Waals surface area contributed by atoms with Crippen LogP contribution in [0, 0.1) is 11.8 Å². The van der Waals surface area contributed by atoms with Crippen LogP contribution >= 0.6 is 0 Å². The Bertz CT molecular complexity index is 654. The topological polar surface area (TPSA) is 72.8 Å². The molecule has 1 fully saturated rings. The second-order valence-electron chi connectivity index (χ2n) is 6.24. The Hall–Kier alpha value is -1.59. The summed E-state index contributed by atoms with van der Waals surface area (Å²) in [6, 6.07) is 5.17. The zero-order valence-electron chi connectivity index (χ0n) is 12.0. The van der Waals surface area contributed by atoms with Gasteiger partial charge in [0.05, 0.1) is 5.92 Å². The number of hydrogen-bond donors (Lipinski definition) is 2. The van der Waals surface area contributed by atoms with E-state index < -0.39 is 11.2 Å². The molecule has 2 heterocycles. The first-order chi connectivity index (χ1) is 10.6. The first kappa shape index (κ1) is 14.0. The summed E-state index contributed by atoms with van der Waals surface area (Å²) in [5.41, 5.74) is 0.977. The Morgan fingerprint density at radius 1 is 1.23 bits per heavy atom. The SMILES string of the molecule is [O-][S@@+]1C[C@H]2[C@@H](C1)c1cc(O)ccc1O[C@H]2C1C=CC(O)=CC1. The van der Waals surface area contributed by atoms with E-state index in [1.165, 1.54) is 0 Å². The number of fused-ring (bicyclic) bond motifs is 3. The molecule has 22 heavy (non-hydrogen) atoms. The number of phenolic OH excluding ortho intramolecular Hbond substituents is 1. The molecular formula is C17H18O4S. The van der Waals surface area contributed by atoms with E-state index in [4.69, 9.17) is 4.74 Å². The fourth-order valence-electron chi connectivity index (χ4n) is 3.81. The van der Waals surface area contributed by atoms with Gasteiger partial charge in [0.1, 0.15) is 34.9 Å². The largest absolute Gasteiger partial charge is 0.616 e. The van der Waals surface area contributed by atoms with Crippen molar-refractivity contribution < 1.29 is 19.5 Å². The van der Waals surface area contributed by atoms with Crippen molar-refractivity contribution in [3.05, 3.63) is 47.7 Å². The predicted molar refractivity (Wildman–Crippen MR) is 84.6 cm³/mol. The standard InChI is InChI=1S/C17H18O4S/c18-11-3-1-10(2-4-11)17-15-9-22(20)8-14(15)13-7-12(19)5-6-16(13)21-17/h1,3-7,10,14-15,17-19H,2,8-9H2/t10?,14-,15-,17-,22+/m0/s1. The molecule has 0 saturated carbocycles.